The molecule has 0 aliphatic carbocycles. The van der Waals surface area contributed by atoms with Crippen molar-refractivity contribution in [1.82, 2.24) is 14.5 Å². The van der Waals surface area contributed by atoms with E-state index >= 15 is 0 Å². The van der Waals surface area contributed by atoms with Crippen molar-refractivity contribution in [2.75, 3.05) is 26.2 Å². The van der Waals surface area contributed by atoms with E-state index in [2.05, 4.69) is 10.1 Å². The molecule has 8 nitrogen and oxygen atoms in total. The molecule has 1 fully saturated rings. The number of rotatable bonds is 7. The summed E-state index contributed by atoms with van der Waals surface area (Å²) >= 11 is 0. The number of benzene rings is 2. The van der Waals surface area contributed by atoms with Crippen molar-refractivity contribution in [2.24, 2.45) is 0 Å². The lowest BCUT2D eigenvalue weighted by Crippen LogP contribution is -2.49. The standard InChI is InChI=1S/C21H23F2N3O5S/c1-15(27)25-9-11-26(12-10-25)32(29,30)18-7-4-6-16(13-18)20(28)24-14-17-5-2-3-8-19(17)31-21(22)23/h2-8,13,21H,9-12,14H2,1H3,(H,24,28). The first kappa shape index (κ1) is 23.6. The highest BCUT2D eigenvalue weighted by Crippen LogP contribution is 2.21. The van der Waals surface area contributed by atoms with Gasteiger partial charge in [-0.3, -0.25) is 9.59 Å². The fraction of sp³-hybridized carbons (Fsp3) is 0.333. The number of carbonyl (C=O) groups is 2. The van der Waals surface area contributed by atoms with Crippen LogP contribution in [0.5, 0.6) is 5.75 Å². The number of piperazine rings is 1. The van der Waals surface area contributed by atoms with Gasteiger partial charge in [0.2, 0.25) is 15.9 Å². The summed E-state index contributed by atoms with van der Waals surface area (Å²) in [6.45, 7) is -0.705. The molecule has 11 heteroatoms. The summed E-state index contributed by atoms with van der Waals surface area (Å²) in [5, 5.41) is 2.59. The van der Waals surface area contributed by atoms with Gasteiger partial charge in [0.25, 0.3) is 5.91 Å². The van der Waals surface area contributed by atoms with Crippen molar-refractivity contribution in [3.05, 3.63) is 59.7 Å². The first-order valence-electron chi connectivity index (χ1n) is 9.85. The maximum atomic E-state index is 13.0. The van der Waals surface area contributed by atoms with E-state index in [4.69, 9.17) is 0 Å². The van der Waals surface area contributed by atoms with Crippen molar-refractivity contribution < 1.29 is 31.5 Å². The lowest BCUT2D eigenvalue weighted by atomic mass is 10.1. The third kappa shape index (κ3) is 5.60. The van der Waals surface area contributed by atoms with Crippen LogP contribution in [-0.4, -0.2) is 62.2 Å². The molecule has 172 valence electrons. The Labute approximate surface area is 184 Å². The monoisotopic (exact) mass is 467 g/mol. The zero-order chi connectivity index (χ0) is 23.3. The SMILES string of the molecule is CC(=O)N1CCN(S(=O)(=O)c2cccc(C(=O)NCc3ccccc3OC(F)F)c2)CC1. The molecule has 0 radical (unpaired) electrons. The van der Waals surface area contributed by atoms with E-state index in [-0.39, 0.29) is 41.7 Å². The first-order chi connectivity index (χ1) is 15.2. The van der Waals surface area contributed by atoms with Crippen molar-refractivity contribution in [3.8, 4) is 5.75 Å². The third-order valence-corrected chi connectivity index (χ3v) is 6.94. The van der Waals surface area contributed by atoms with Gasteiger partial charge in [0.05, 0.1) is 4.90 Å². The van der Waals surface area contributed by atoms with E-state index in [1.165, 1.54) is 47.6 Å². The van der Waals surface area contributed by atoms with Crippen LogP contribution in [0.1, 0.15) is 22.8 Å². The molecule has 1 aliphatic heterocycles. The third-order valence-electron chi connectivity index (χ3n) is 5.05. The molecule has 0 atom stereocenters. The number of hydrogen-bond acceptors (Lipinski definition) is 5. The minimum atomic E-state index is -3.84. The van der Waals surface area contributed by atoms with Crippen LogP contribution in [0.2, 0.25) is 0 Å². The van der Waals surface area contributed by atoms with Gasteiger partial charge >= 0.3 is 6.61 Å². The summed E-state index contributed by atoms with van der Waals surface area (Å²) < 4.78 is 56.7. The van der Waals surface area contributed by atoms with Gasteiger partial charge in [-0.05, 0) is 24.3 Å². The second-order valence-electron chi connectivity index (χ2n) is 7.11. The highest BCUT2D eigenvalue weighted by molar-refractivity contribution is 7.89. The zero-order valence-corrected chi connectivity index (χ0v) is 18.1. The second kappa shape index (κ2) is 10.0. The van der Waals surface area contributed by atoms with Crippen LogP contribution < -0.4 is 10.1 Å². The van der Waals surface area contributed by atoms with Crippen LogP contribution in [0.3, 0.4) is 0 Å². The maximum Gasteiger partial charge on any atom is 0.387 e. The number of sulfonamides is 1. The molecule has 1 heterocycles. The minimum Gasteiger partial charge on any atom is -0.434 e. The number of carbonyl (C=O) groups excluding carboxylic acids is 2. The predicted molar refractivity (Wildman–Crippen MR) is 112 cm³/mol. The molecule has 0 spiro atoms. The molecular weight excluding hydrogens is 444 g/mol. The summed E-state index contributed by atoms with van der Waals surface area (Å²) in [6, 6.07) is 11.7. The first-order valence-corrected chi connectivity index (χ1v) is 11.3. The largest absolute Gasteiger partial charge is 0.434 e. The summed E-state index contributed by atoms with van der Waals surface area (Å²) in [5.41, 5.74) is 0.467. The zero-order valence-electron chi connectivity index (χ0n) is 17.3. The van der Waals surface area contributed by atoms with Gasteiger partial charge in [-0.2, -0.15) is 13.1 Å². The average Bonchev–Trinajstić information content (AvgIpc) is 2.78. The van der Waals surface area contributed by atoms with E-state index in [0.717, 1.165) is 0 Å². The van der Waals surface area contributed by atoms with Gasteiger partial charge in [-0.1, -0.05) is 24.3 Å². The Balaban J connectivity index is 1.69. The van der Waals surface area contributed by atoms with Gasteiger partial charge in [-0.15, -0.1) is 0 Å². The Bertz CT molecular complexity index is 1090. The van der Waals surface area contributed by atoms with Crippen molar-refractivity contribution in [3.63, 3.8) is 0 Å². The van der Waals surface area contributed by atoms with Crippen LogP contribution >= 0.6 is 0 Å². The van der Waals surface area contributed by atoms with E-state index in [1.807, 2.05) is 0 Å². The molecule has 0 aromatic heterocycles. The quantitative estimate of drug-likeness (QED) is 0.673. The Morgan fingerprint density at radius 3 is 2.41 bits per heavy atom. The highest BCUT2D eigenvalue weighted by Gasteiger charge is 2.29. The highest BCUT2D eigenvalue weighted by atomic mass is 32.2. The van der Waals surface area contributed by atoms with Crippen molar-refractivity contribution in [1.29, 1.82) is 0 Å². The lowest BCUT2D eigenvalue weighted by molar-refractivity contribution is -0.129. The van der Waals surface area contributed by atoms with Crippen LogP contribution in [0, 0.1) is 0 Å². The molecule has 2 aromatic rings. The molecule has 0 bridgehead atoms. The fourth-order valence-electron chi connectivity index (χ4n) is 3.33. The Morgan fingerprint density at radius 1 is 1.06 bits per heavy atom. The van der Waals surface area contributed by atoms with Gasteiger partial charge < -0.3 is 15.0 Å². The maximum absolute atomic E-state index is 13.0. The Hall–Kier alpha value is -3.05. The van der Waals surface area contributed by atoms with E-state index in [9.17, 15) is 26.8 Å². The lowest BCUT2D eigenvalue weighted by Gasteiger charge is -2.33. The molecule has 0 unspecified atom stereocenters. The second-order valence-corrected chi connectivity index (χ2v) is 9.04. The van der Waals surface area contributed by atoms with Crippen LogP contribution in [-0.2, 0) is 21.4 Å². The molecule has 32 heavy (non-hydrogen) atoms. The van der Waals surface area contributed by atoms with E-state index in [0.29, 0.717) is 18.7 Å². The smallest absolute Gasteiger partial charge is 0.387 e. The average molecular weight is 467 g/mol. The Morgan fingerprint density at radius 2 is 1.75 bits per heavy atom. The number of ether oxygens (including phenoxy) is 1. The number of nitrogens with one attached hydrogen (secondary N) is 1. The van der Waals surface area contributed by atoms with Crippen LogP contribution in [0.25, 0.3) is 0 Å². The van der Waals surface area contributed by atoms with Crippen LogP contribution in [0.15, 0.2) is 53.4 Å². The Kier molecular flexibility index (Phi) is 7.41. The number of amides is 2. The molecule has 1 N–H and O–H groups in total. The molecule has 2 amide bonds. The number of nitrogens with zero attached hydrogens (tertiary/aromatic N) is 2. The molecular formula is C21H23F2N3O5S. The number of alkyl halides is 2. The summed E-state index contributed by atoms with van der Waals surface area (Å²) in [7, 11) is -3.84. The summed E-state index contributed by atoms with van der Waals surface area (Å²) in [6.07, 6.45) is 0. The number of para-hydroxylation sites is 1. The molecule has 1 saturated heterocycles. The number of halogens is 2. The fourth-order valence-corrected chi connectivity index (χ4v) is 4.80. The molecule has 0 saturated carbocycles. The van der Waals surface area contributed by atoms with Crippen molar-refractivity contribution >= 4 is 21.8 Å². The van der Waals surface area contributed by atoms with E-state index < -0.39 is 22.5 Å². The number of hydrogen-bond donors (Lipinski definition) is 1. The predicted octanol–water partition coefficient (Wildman–Crippen LogP) is 2.07. The van der Waals surface area contributed by atoms with Gasteiger partial charge in [-0.25, -0.2) is 8.42 Å². The molecule has 1 aliphatic rings. The topological polar surface area (TPSA) is 96.0 Å². The van der Waals surface area contributed by atoms with Gasteiger partial charge in [0, 0.05) is 50.8 Å². The van der Waals surface area contributed by atoms with Gasteiger partial charge in [0.1, 0.15) is 5.75 Å². The molecule has 2 aromatic carbocycles. The molecule has 3 rings (SSSR count). The summed E-state index contributed by atoms with van der Waals surface area (Å²) in [4.78, 5) is 25.6. The minimum absolute atomic E-state index is 0.0390. The normalized spacial score (nSPS) is 14.9. The van der Waals surface area contributed by atoms with Gasteiger partial charge in [0.15, 0.2) is 0 Å². The van der Waals surface area contributed by atoms with Crippen molar-refractivity contribution in [2.45, 2.75) is 25.0 Å². The van der Waals surface area contributed by atoms with E-state index in [1.54, 1.807) is 17.0 Å². The van der Waals surface area contributed by atoms with Crippen LogP contribution in [0.4, 0.5) is 8.78 Å². The summed E-state index contributed by atoms with van der Waals surface area (Å²) in [5.74, 6) is -0.722.